The summed E-state index contributed by atoms with van der Waals surface area (Å²) in [6.07, 6.45) is -4.65. The zero-order valence-corrected chi connectivity index (χ0v) is 11.1. The Hall–Kier alpha value is -1.03. The van der Waals surface area contributed by atoms with Gasteiger partial charge in [-0.3, -0.25) is 4.18 Å². The Morgan fingerprint density at radius 1 is 1.26 bits per heavy atom. The number of rotatable bonds is 4. The van der Waals surface area contributed by atoms with Gasteiger partial charge in [0.15, 0.2) is 0 Å². The van der Waals surface area contributed by atoms with Crippen LogP contribution in [-0.4, -0.2) is 15.0 Å². The average molecular weight is 321 g/mol. The van der Waals surface area contributed by atoms with E-state index in [1.165, 1.54) is 12.1 Å². The van der Waals surface area contributed by atoms with Crippen molar-refractivity contribution in [3.8, 4) is 0 Å². The number of anilines is 1. The molecule has 0 bridgehead atoms. The molecule has 0 atom stereocenters. The average Bonchev–Trinajstić information content (AvgIpc) is 2.17. The molecule has 0 aromatic heterocycles. The first kappa shape index (κ1) is 18.0. The van der Waals surface area contributed by atoms with E-state index < -0.39 is 27.7 Å². The Morgan fingerprint density at radius 3 is 2.32 bits per heavy atom. The second kappa shape index (κ2) is 6.42. The quantitative estimate of drug-likeness (QED) is 0.821. The fourth-order valence-electron chi connectivity index (χ4n) is 1.35. The second-order valence-corrected chi connectivity index (χ2v) is 4.66. The standard InChI is InChI=1S/C9H11F3N2O3S.ClH/c10-9(11,12)7-3-1-2-6(8(7)13)4-5-17-18(14,15)16;/h1-3H,4-5,13H2,(H2,14,15,16);1H. The summed E-state index contributed by atoms with van der Waals surface area (Å²) in [7, 11) is -4.11. The van der Waals surface area contributed by atoms with Crippen LogP contribution in [0.2, 0.25) is 0 Å². The van der Waals surface area contributed by atoms with Crippen molar-refractivity contribution in [2.75, 3.05) is 12.3 Å². The molecule has 4 N–H and O–H groups in total. The van der Waals surface area contributed by atoms with E-state index in [0.29, 0.717) is 0 Å². The van der Waals surface area contributed by atoms with E-state index in [0.717, 1.165) is 6.07 Å². The maximum Gasteiger partial charge on any atom is 0.418 e. The van der Waals surface area contributed by atoms with Crippen molar-refractivity contribution in [2.24, 2.45) is 5.14 Å². The molecule has 1 aromatic carbocycles. The normalized spacial score (nSPS) is 12.0. The lowest BCUT2D eigenvalue weighted by Crippen LogP contribution is -2.18. The van der Waals surface area contributed by atoms with Gasteiger partial charge in [-0.1, -0.05) is 12.1 Å². The number of alkyl halides is 3. The van der Waals surface area contributed by atoms with E-state index in [2.05, 4.69) is 9.32 Å². The number of hydrogen-bond acceptors (Lipinski definition) is 4. The van der Waals surface area contributed by atoms with Gasteiger partial charge in [-0.25, -0.2) is 5.14 Å². The highest BCUT2D eigenvalue weighted by Crippen LogP contribution is 2.34. The van der Waals surface area contributed by atoms with Crippen LogP contribution in [0.15, 0.2) is 18.2 Å². The van der Waals surface area contributed by atoms with Crippen LogP contribution in [0.25, 0.3) is 0 Å². The summed E-state index contributed by atoms with van der Waals surface area (Å²) < 4.78 is 62.7. The molecule has 0 fully saturated rings. The predicted octanol–water partition coefficient (Wildman–Crippen LogP) is 1.47. The molecular weight excluding hydrogens is 309 g/mol. The van der Waals surface area contributed by atoms with Gasteiger partial charge < -0.3 is 5.73 Å². The summed E-state index contributed by atoms with van der Waals surface area (Å²) in [5.74, 6) is 0. The zero-order chi connectivity index (χ0) is 14.0. The molecule has 0 saturated heterocycles. The van der Waals surface area contributed by atoms with E-state index in [1.54, 1.807) is 0 Å². The largest absolute Gasteiger partial charge is 0.418 e. The van der Waals surface area contributed by atoms with Crippen molar-refractivity contribution in [1.82, 2.24) is 0 Å². The number of halogens is 4. The minimum absolute atomic E-state index is 0. The number of para-hydroxylation sites is 1. The number of benzene rings is 1. The Balaban J connectivity index is 0.00000324. The molecule has 0 saturated carbocycles. The molecule has 0 unspecified atom stereocenters. The minimum Gasteiger partial charge on any atom is -0.398 e. The van der Waals surface area contributed by atoms with Crippen LogP contribution in [0.3, 0.4) is 0 Å². The second-order valence-electron chi connectivity index (χ2n) is 3.44. The van der Waals surface area contributed by atoms with Crippen LogP contribution in [0.1, 0.15) is 11.1 Å². The van der Waals surface area contributed by atoms with Crippen molar-refractivity contribution in [1.29, 1.82) is 0 Å². The lowest BCUT2D eigenvalue weighted by Gasteiger charge is -2.13. The van der Waals surface area contributed by atoms with E-state index in [-0.39, 0.29) is 31.0 Å². The fraction of sp³-hybridized carbons (Fsp3) is 0.333. The molecule has 0 heterocycles. The minimum atomic E-state index is -4.55. The highest BCUT2D eigenvalue weighted by Gasteiger charge is 2.33. The van der Waals surface area contributed by atoms with E-state index in [9.17, 15) is 21.6 Å². The summed E-state index contributed by atoms with van der Waals surface area (Å²) in [4.78, 5) is 0. The molecule has 0 radical (unpaired) electrons. The Morgan fingerprint density at radius 2 is 1.84 bits per heavy atom. The molecule has 1 aromatic rings. The number of nitrogen functional groups attached to an aromatic ring is 1. The van der Waals surface area contributed by atoms with Crippen molar-refractivity contribution in [3.63, 3.8) is 0 Å². The number of hydrogen-bond donors (Lipinski definition) is 2. The molecule has 0 aliphatic heterocycles. The molecule has 110 valence electrons. The molecule has 0 spiro atoms. The van der Waals surface area contributed by atoms with Crippen LogP contribution in [0.5, 0.6) is 0 Å². The van der Waals surface area contributed by atoms with Crippen molar-refractivity contribution >= 4 is 28.4 Å². The zero-order valence-electron chi connectivity index (χ0n) is 9.48. The molecule has 19 heavy (non-hydrogen) atoms. The van der Waals surface area contributed by atoms with Crippen molar-refractivity contribution in [3.05, 3.63) is 29.3 Å². The third-order valence-electron chi connectivity index (χ3n) is 2.12. The van der Waals surface area contributed by atoms with Crippen LogP contribution < -0.4 is 10.9 Å². The molecule has 10 heteroatoms. The van der Waals surface area contributed by atoms with Gasteiger partial charge in [0.2, 0.25) is 0 Å². The smallest absolute Gasteiger partial charge is 0.398 e. The van der Waals surface area contributed by atoms with Crippen LogP contribution in [0.4, 0.5) is 18.9 Å². The summed E-state index contributed by atoms with van der Waals surface area (Å²) in [6, 6.07) is 3.39. The Labute approximate surface area is 114 Å². The van der Waals surface area contributed by atoms with E-state index in [1.807, 2.05) is 0 Å². The Bertz CT molecular complexity index is 534. The van der Waals surface area contributed by atoms with E-state index in [4.69, 9.17) is 5.73 Å². The predicted molar refractivity (Wildman–Crippen MR) is 65.9 cm³/mol. The Kier molecular flexibility index (Phi) is 6.07. The van der Waals surface area contributed by atoms with Gasteiger partial charge in [0.25, 0.3) is 0 Å². The van der Waals surface area contributed by atoms with Gasteiger partial charge in [-0.15, -0.1) is 12.4 Å². The summed E-state index contributed by atoms with van der Waals surface area (Å²) in [6.45, 7) is -0.371. The third-order valence-corrected chi connectivity index (χ3v) is 2.62. The summed E-state index contributed by atoms with van der Waals surface area (Å²) >= 11 is 0. The molecule has 5 nitrogen and oxygen atoms in total. The summed E-state index contributed by atoms with van der Waals surface area (Å²) in [5, 5.41) is 4.58. The molecule has 0 aliphatic rings. The molecule has 1 rings (SSSR count). The lowest BCUT2D eigenvalue weighted by molar-refractivity contribution is -0.136. The van der Waals surface area contributed by atoms with Gasteiger partial charge in [-0.05, 0) is 18.1 Å². The first-order chi connectivity index (χ1) is 8.11. The van der Waals surface area contributed by atoms with Crippen LogP contribution in [-0.2, 0) is 27.1 Å². The van der Waals surface area contributed by atoms with Crippen molar-refractivity contribution in [2.45, 2.75) is 12.6 Å². The first-order valence-corrected chi connectivity index (χ1v) is 6.20. The third kappa shape index (κ3) is 5.64. The highest BCUT2D eigenvalue weighted by atomic mass is 35.5. The maximum atomic E-state index is 12.5. The van der Waals surface area contributed by atoms with Crippen LogP contribution in [0, 0.1) is 0 Å². The van der Waals surface area contributed by atoms with Gasteiger partial charge in [0.05, 0.1) is 12.2 Å². The van der Waals surface area contributed by atoms with Gasteiger partial charge >= 0.3 is 16.5 Å². The monoisotopic (exact) mass is 320 g/mol. The topological polar surface area (TPSA) is 95.4 Å². The lowest BCUT2D eigenvalue weighted by atomic mass is 10.0. The molecular formula is C9H12ClF3N2O3S. The van der Waals surface area contributed by atoms with Crippen molar-refractivity contribution < 1.29 is 25.8 Å². The van der Waals surface area contributed by atoms with E-state index >= 15 is 0 Å². The van der Waals surface area contributed by atoms with Crippen LogP contribution >= 0.6 is 12.4 Å². The number of nitrogens with two attached hydrogens (primary N) is 2. The molecule has 0 amide bonds. The highest BCUT2D eigenvalue weighted by molar-refractivity contribution is 7.84. The SMILES string of the molecule is Cl.Nc1c(CCOS(N)(=O)=O)cccc1C(F)(F)F. The summed E-state index contributed by atoms with van der Waals surface area (Å²) in [5.41, 5.74) is 4.11. The van der Waals surface area contributed by atoms with Gasteiger partial charge in [0, 0.05) is 5.69 Å². The first-order valence-electron chi connectivity index (χ1n) is 4.73. The maximum absolute atomic E-state index is 12.5. The fourth-order valence-corrected chi connectivity index (χ4v) is 1.66. The van der Waals surface area contributed by atoms with Gasteiger partial charge in [0.1, 0.15) is 0 Å². The van der Waals surface area contributed by atoms with Gasteiger partial charge in [-0.2, -0.15) is 21.6 Å². The molecule has 0 aliphatic carbocycles.